The van der Waals surface area contributed by atoms with Gasteiger partial charge in [-0.25, -0.2) is 0 Å². The average Bonchev–Trinajstić information content (AvgIpc) is 3.17. The van der Waals surface area contributed by atoms with Gasteiger partial charge < -0.3 is 10.4 Å². The first-order chi connectivity index (χ1) is 11.1. The molecule has 1 aromatic heterocycles. The van der Waals surface area contributed by atoms with Crippen molar-refractivity contribution < 1.29 is 9.90 Å². The summed E-state index contributed by atoms with van der Waals surface area (Å²) in [4.78, 5) is 13.3. The van der Waals surface area contributed by atoms with Gasteiger partial charge in [-0.2, -0.15) is 5.10 Å². The van der Waals surface area contributed by atoms with Gasteiger partial charge in [0.15, 0.2) is 5.82 Å². The molecule has 1 fully saturated rings. The van der Waals surface area contributed by atoms with E-state index in [-0.39, 0.29) is 11.9 Å². The summed E-state index contributed by atoms with van der Waals surface area (Å²) in [5.74, 6) is 0.467. The van der Waals surface area contributed by atoms with Crippen molar-refractivity contribution in [3.05, 3.63) is 48.2 Å². The topological polar surface area (TPSA) is 70.4 Å². The van der Waals surface area contributed by atoms with Crippen LogP contribution in [0, 0.1) is 0 Å². The number of nitrogens with zero attached hydrogens (tertiary/aromatic N) is 3. The van der Waals surface area contributed by atoms with Gasteiger partial charge in [0.1, 0.15) is 0 Å². The van der Waals surface area contributed by atoms with Crippen molar-refractivity contribution >= 4 is 11.7 Å². The van der Waals surface area contributed by atoms with E-state index < -0.39 is 6.10 Å². The summed E-state index contributed by atoms with van der Waals surface area (Å²) in [5.41, 5.74) is 0.947. The molecule has 0 unspecified atom stereocenters. The second-order valence-corrected chi connectivity index (χ2v) is 5.99. The van der Waals surface area contributed by atoms with Crippen LogP contribution in [-0.2, 0) is 4.79 Å². The average molecular weight is 314 g/mol. The lowest BCUT2D eigenvalue weighted by molar-refractivity contribution is -0.114. The van der Waals surface area contributed by atoms with E-state index in [0.29, 0.717) is 12.4 Å². The number of anilines is 1. The molecule has 1 aliphatic heterocycles. The molecule has 23 heavy (non-hydrogen) atoms. The Morgan fingerprint density at radius 1 is 1.39 bits per heavy atom. The Morgan fingerprint density at radius 3 is 2.91 bits per heavy atom. The molecule has 0 aliphatic carbocycles. The molecular weight excluding hydrogens is 292 g/mol. The fourth-order valence-electron chi connectivity index (χ4n) is 3.01. The van der Waals surface area contributed by atoms with Crippen molar-refractivity contribution in [1.82, 2.24) is 14.7 Å². The molecule has 0 spiro atoms. The Morgan fingerprint density at radius 2 is 2.17 bits per heavy atom. The highest BCUT2D eigenvalue weighted by Gasteiger charge is 2.26. The van der Waals surface area contributed by atoms with Crippen LogP contribution < -0.4 is 5.32 Å². The summed E-state index contributed by atoms with van der Waals surface area (Å²) in [6.45, 7) is 3.89. The van der Waals surface area contributed by atoms with Crippen LogP contribution in [0.1, 0.15) is 31.1 Å². The molecule has 3 rings (SSSR count). The molecule has 2 aromatic rings. The second kappa shape index (κ2) is 6.93. The van der Waals surface area contributed by atoms with Crippen LogP contribution in [0.5, 0.6) is 0 Å². The second-order valence-electron chi connectivity index (χ2n) is 5.99. The molecule has 0 radical (unpaired) electrons. The van der Waals surface area contributed by atoms with E-state index in [1.54, 1.807) is 0 Å². The molecule has 1 amide bonds. The zero-order valence-corrected chi connectivity index (χ0v) is 13.2. The fraction of sp³-hybridized carbons (Fsp3) is 0.412. The van der Waals surface area contributed by atoms with Crippen molar-refractivity contribution in [3.8, 4) is 0 Å². The summed E-state index contributed by atoms with van der Waals surface area (Å²) in [7, 11) is 0. The normalized spacial score (nSPS) is 19.7. The zero-order chi connectivity index (χ0) is 16.2. The van der Waals surface area contributed by atoms with Crippen LogP contribution in [0.4, 0.5) is 5.82 Å². The minimum absolute atomic E-state index is 0.116. The van der Waals surface area contributed by atoms with Gasteiger partial charge in [0.05, 0.1) is 12.1 Å². The van der Waals surface area contributed by atoms with Gasteiger partial charge in [-0.1, -0.05) is 30.3 Å². The third-order valence-corrected chi connectivity index (χ3v) is 4.15. The lowest BCUT2D eigenvalue weighted by Gasteiger charge is -2.20. The number of aromatic nitrogens is 2. The molecule has 0 bridgehead atoms. The molecule has 1 saturated heterocycles. The highest BCUT2D eigenvalue weighted by Crippen LogP contribution is 2.24. The molecule has 2 atom stereocenters. The lowest BCUT2D eigenvalue weighted by atomic mass is 10.1. The van der Waals surface area contributed by atoms with Crippen molar-refractivity contribution in [2.75, 3.05) is 25.0 Å². The molecule has 6 heteroatoms. The van der Waals surface area contributed by atoms with Crippen molar-refractivity contribution in [2.24, 2.45) is 0 Å². The van der Waals surface area contributed by atoms with Crippen molar-refractivity contribution in [3.63, 3.8) is 0 Å². The van der Waals surface area contributed by atoms with Crippen LogP contribution in [0.15, 0.2) is 42.6 Å². The molecule has 6 nitrogen and oxygen atoms in total. The maximum Gasteiger partial charge on any atom is 0.222 e. The number of nitrogens with one attached hydrogen (secondary N) is 1. The third kappa shape index (κ3) is 3.97. The number of β-amino-alcohol motifs (C(OH)–C–C–N with tert-alkyl or cyclic N) is 1. The van der Waals surface area contributed by atoms with Crippen LogP contribution in [-0.4, -0.2) is 45.3 Å². The molecular formula is C17H22N4O2. The van der Waals surface area contributed by atoms with Gasteiger partial charge in [-0.3, -0.25) is 14.4 Å². The standard InChI is InChI=1S/C17H22N4O2/c1-13(22)18-17-8-10-21(19-17)15-7-9-20(11-15)12-16(23)14-5-3-2-4-6-14/h2-6,8,10,15-16,23H,7,9,11-12H2,1H3,(H,18,19,22)/t15-,16-/m0/s1. The van der Waals surface area contributed by atoms with Crippen LogP contribution in [0.25, 0.3) is 0 Å². The van der Waals surface area contributed by atoms with Crippen LogP contribution >= 0.6 is 0 Å². The van der Waals surface area contributed by atoms with Crippen LogP contribution in [0.3, 0.4) is 0 Å². The zero-order valence-electron chi connectivity index (χ0n) is 13.2. The molecule has 1 aromatic carbocycles. The van der Waals surface area contributed by atoms with Gasteiger partial charge >= 0.3 is 0 Å². The SMILES string of the molecule is CC(=O)Nc1ccn([C@H]2CCN(C[C@H](O)c3ccccc3)C2)n1. The summed E-state index contributed by atoms with van der Waals surface area (Å²) in [6, 6.07) is 11.8. The van der Waals surface area contributed by atoms with E-state index >= 15 is 0 Å². The van der Waals surface area contributed by atoms with E-state index in [4.69, 9.17) is 0 Å². The minimum Gasteiger partial charge on any atom is -0.387 e. The molecule has 0 saturated carbocycles. The first kappa shape index (κ1) is 15.7. The first-order valence-corrected chi connectivity index (χ1v) is 7.90. The number of carbonyl (C=O) groups excluding carboxylic acids is 1. The van der Waals surface area contributed by atoms with E-state index in [9.17, 15) is 9.90 Å². The predicted molar refractivity (Wildman–Crippen MR) is 88.0 cm³/mol. The quantitative estimate of drug-likeness (QED) is 0.883. The van der Waals surface area contributed by atoms with Gasteiger partial charge in [0, 0.05) is 38.8 Å². The highest BCUT2D eigenvalue weighted by molar-refractivity contribution is 5.87. The van der Waals surface area contributed by atoms with Crippen LogP contribution in [0.2, 0.25) is 0 Å². The van der Waals surface area contributed by atoms with Gasteiger partial charge in [0.2, 0.25) is 5.91 Å². The highest BCUT2D eigenvalue weighted by atomic mass is 16.3. The minimum atomic E-state index is -0.470. The summed E-state index contributed by atoms with van der Waals surface area (Å²) in [6.07, 6.45) is 2.41. The number of benzene rings is 1. The third-order valence-electron chi connectivity index (χ3n) is 4.15. The Balaban J connectivity index is 1.56. The number of amides is 1. The summed E-state index contributed by atoms with van der Waals surface area (Å²) >= 11 is 0. The van der Waals surface area contributed by atoms with E-state index in [2.05, 4.69) is 15.3 Å². The Bertz CT molecular complexity index is 656. The van der Waals surface area contributed by atoms with E-state index in [1.165, 1.54) is 6.92 Å². The summed E-state index contributed by atoms with van der Waals surface area (Å²) in [5, 5.41) is 17.4. The number of rotatable bonds is 5. The number of likely N-dealkylation sites (tertiary alicyclic amines) is 1. The lowest BCUT2D eigenvalue weighted by Crippen LogP contribution is -2.27. The molecule has 2 heterocycles. The maximum absolute atomic E-state index is 11.1. The number of aliphatic hydroxyl groups is 1. The first-order valence-electron chi connectivity index (χ1n) is 7.90. The van der Waals surface area contributed by atoms with Crippen molar-refractivity contribution in [2.45, 2.75) is 25.5 Å². The number of hydrogen-bond donors (Lipinski definition) is 2. The number of carbonyl (C=O) groups is 1. The smallest absolute Gasteiger partial charge is 0.222 e. The van der Waals surface area contributed by atoms with E-state index in [1.807, 2.05) is 47.3 Å². The number of aliphatic hydroxyl groups excluding tert-OH is 1. The van der Waals surface area contributed by atoms with Gasteiger partial charge in [0.25, 0.3) is 0 Å². The van der Waals surface area contributed by atoms with Crippen molar-refractivity contribution in [1.29, 1.82) is 0 Å². The van der Waals surface area contributed by atoms with E-state index in [0.717, 1.165) is 25.1 Å². The largest absolute Gasteiger partial charge is 0.387 e. The number of hydrogen-bond acceptors (Lipinski definition) is 4. The Labute approximate surface area is 135 Å². The Hall–Kier alpha value is -2.18. The van der Waals surface area contributed by atoms with Gasteiger partial charge in [-0.05, 0) is 12.0 Å². The van der Waals surface area contributed by atoms with Gasteiger partial charge in [-0.15, -0.1) is 0 Å². The predicted octanol–water partition coefficient (Wildman–Crippen LogP) is 1.82. The fourth-order valence-corrected chi connectivity index (χ4v) is 3.01. The maximum atomic E-state index is 11.1. The monoisotopic (exact) mass is 314 g/mol. The summed E-state index contributed by atoms with van der Waals surface area (Å²) < 4.78 is 1.90. The molecule has 1 aliphatic rings. The Kier molecular flexibility index (Phi) is 4.73. The molecule has 122 valence electrons. The molecule has 2 N–H and O–H groups in total.